The van der Waals surface area contributed by atoms with Crippen molar-refractivity contribution in [3.8, 4) is 5.69 Å². The summed E-state index contributed by atoms with van der Waals surface area (Å²) in [6, 6.07) is 8.36. The summed E-state index contributed by atoms with van der Waals surface area (Å²) in [4.78, 5) is 3.93. The van der Waals surface area contributed by atoms with Crippen molar-refractivity contribution in [3.63, 3.8) is 0 Å². The lowest BCUT2D eigenvalue weighted by atomic mass is 10.3. The van der Waals surface area contributed by atoms with Crippen molar-refractivity contribution in [3.05, 3.63) is 48.0 Å². The summed E-state index contributed by atoms with van der Waals surface area (Å²) >= 11 is 5.95. The molecule has 12 heavy (non-hydrogen) atoms. The predicted octanol–water partition coefficient (Wildman–Crippen LogP) is 2.33. The number of benzene rings is 1. The van der Waals surface area contributed by atoms with Crippen LogP contribution in [0.3, 0.4) is 0 Å². The molecule has 3 heteroatoms. The van der Waals surface area contributed by atoms with E-state index in [4.69, 9.17) is 11.6 Å². The first kappa shape index (κ1) is 7.37. The molecular formula is C9H6ClN2. The van der Waals surface area contributed by atoms with Crippen LogP contribution in [-0.4, -0.2) is 9.55 Å². The normalized spacial score (nSPS) is 10.1. The molecule has 0 bridgehead atoms. The molecule has 0 saturated heterocycles. The Bertz CT molecular complexity index is 368. The van der Waals surface area contributed by atoms with Crippen LogP contribution < -0.4 is 0 Å². The highest BCUT2D eigenvalue weighted by molar-refractivity contribution is 6.32. The zero-order chi connectivity index (χ0) is 8.39. The van der Waals surface area contributed by atoms with E-state index in [0.717, 1.165) is 5.69 Å². The van der Waals surface area contributed by atoms with Gasteiger partial charge in [-0.05, 0) is 18.2 Å². The Morgan fingerprint density at radius 3 is 3.08 bits per heavy atom. The molecular weight excluding hydrogens is 172 g/mol. The van der Waals surface area contributed by atoms with Gasteiger partial charge in [0.15, 0.2) is 0 Å². The average molecular weight is 178 g/mol. The summed E-state index contributed by atoms with van der Waals surface area (Å²) < 4.78 is 1.85. The Kier molecular flexibility index (Phi) is 1.84. The smallest absolute Gasteiger partial charge is 0.0992 e. The molecule has 0 fully saturated rings. The third-order valence-electron chi connectivity index (χ3n) is 1.57. The molecule has 0 amide bonds. The van der Waals surface area contributed by atoms with Gasteiger partial charge < -0.3 is 4.57 Å². The van der Waals surface area contributed by atoms with Gasteiger partial charge in [0.05, 0.1) is 17.0 Å². The summed E-state index contributed by atoms with van der Waals surface area (Å²) in [5.41, 5.74) is 0.900. The van der Waals surface area contributed by atoms with E-state index >= 15 is 0 Å². The fourth-order valence-corrected chi connectivity index (χ4v) is 1.22. The van der Waals surface area contributed by atoms with Crippen molar-refractivity contribution >= 4 is 11.6 Å². The number of aromatic nitrogens is 2. The van der Waals surface area contributed by atoms with Crippen LogP contribution in [-0.2, 0) is 0 Å². The third kappa shape index (κ3) is 1.21. The molecule has 0 saturated carbocycles. The van der Waals surface area contributed by atoms with Crippen LogP contribution in [0.4, 0.5) is 0 Å². The van der Waals surface area contributed by atoms with Crippen LogP contribution in [0, 0.1) is 6.07 Å². The fraction of sp³-hybridized carbons (Fsp3) is 0. The maximum atomic E-state index is 5.95. The van der Waals surface area contributed by atoms with Gasteiger partial charge in [-0.15, -0.1) is 0 Å². The first-order valence-electron chi connectivity index (χ1n) is 3.52. The van der Waals surface area contributed by atoms with E-state index in [0.29, 0.717) is 5.02 Å². The second-order valence-corrected chi connectivity index (χ2v) is 2.75. The lowest BCUT2D eigenvalue weighted by molar-refractivity contribution is 1.06. The zero-order valence-electron chi connectivity index (χ0n) is 6.24. The molecule has 0 N–H and O–H groups in total. The number of imidazole rings is 1. The first-order valence-corrected chi connectivity index (χ1v) is 3.89. The minimum atomic E-state index is 0.701. The zero-order valence-corrected chi connectivity index (χ0v) is 6.99. The first-order chi connectivity index (χ1) is 5.88. The molecule has 1 heterocycles. The van der Waals surface area contributed by atoms with Crippen molar-refractivity contribution in [2.45, 2.75) is 0 Å². The average Bonchev–Trinajstić information content (AvgIpc) is 2.57. The Morgan fingerprint density at radius 2 is 2.42 bits per heavy atom. The van der Waals surface area contributed by atoms with Gasteiger partial charge in [-0.2, -0.15) is 0 Å². The van der Waals surface area contributed by atoms with Gasteiger partial charge in [-0.25, -0.2) is 4.98 Å². The highest BCUT2D eigenvalue weighted by Gasteiger charge is 1.98. The van der Waals surface area contributed by atoms with Crippen LogP contribution in [0.15, 0.2) is 36.9 Å². The molecule has 0 unspecified atom stereocenters. The standard InChI is InChI=1S/C9H6ClN2/c10-8-3-1-2-4-9(8)12-6-5-11-7-12/h1,3-7H. The van der Waals surface area contributed by atoms with Crippen LogP contribution in [0.25, 0.3) is 5.69 Å². The summed E-state index contributed by atoms with van der Waals surface area (Å²) in [6.45, 7) is 0. The molecule has 0 aliphatic rings. The second kappa shape index (κ2) is 2.99. The molecule has 0 aliphatic heterocycles. The van der Waals surface area contributed by atoms with Crippen molar-refractivity contribution in [1.29, 1.82) is 0 Å². The maximum Gasteiger partial charge on any atom is 0.0992 e. The highest BCUT2D eigenvalue weighted by Crippen LogP contribution is 2.18. The van der Waals surface area contributed by atoms with E-state index in [1.54, 1.807) is 24.7 Å². The van der Waals surface area contributed by atoms with Crippen LogP contribution in [0.2, 0.25) is 5.02 Å². The lowest BCUT2D eigenvalue weighted by Crippen LogP contribution is -1.89. The van der Waals surface area contributed by atoms with Crippen molar-refractivity contribution in [2.24, 2.45) is 0 Å². The number of hydrogen-bond donors (Lipinski definition) is 0. The molecule has 0 spiro atoms. The van der Waals surface area contributed by atoms with Gasteiger partial charge in [0.25, 0.3) is 0 Å². The summed E-state index contributed by atoms with van der Waals surface area (Å²) in [5, 5.41) is 0.701. The van der Waals surface area contributed by atoms with E-state index < -0.39 is 0 Å². The van der Waals surface area contributed by atoms with Gasteiger partial charge >= 0.3 is 0 Å². The molecule has 2 aromatic rings. The van der Waals surface area contributed by atoms with Gasteiger partial charge in [0, 0.05) is 12.4 Å². The molecule has 1 radical (unpaired) electrons. The monoisotopic (exact) mass is 177 g/mol. The molecule has 1 aromatic carbocycles. The summed E-state index contributed by atoms with van der Waals surface area (Å²) in [7, 11) is 0. The molecule has 0 atom stereocenters. The van der Waals surface area contributed by atoms with E-state index in [9.17, 15) is 0 Å². The van der Waals surface area contributed by atoms with Crippen LogP contribution in [0.5, 0.6) is 0 Å². The molecule has 59 valence electrons. The van der Waals surface area contributed by atoms with Gasteiger partial charge in [0.2, 0.25) is 0 Å². The third-order valence-corrected chi connectivity index (χ3v) is 1.89. The number of rotatable bonds is 1. The topological polar surface area (TPSA) is 17.8 Å². The van der Waals surface area contributed by atoms with Crippen molar-refractivity contribution < 1.29 is 0 Å². The largest absolute Gasteiger partial charge is 0.305 e. The maximum absolute atomic E-state index is 5.95. The van der Waals surface area contributed by atoms with E-state index in [2.05, 4.69) is 11.1 Å². The van der Waals surface area contributed by atoms with Gasteiger partial charge in [0.1, 0.15) is 0 Å². The lowest BCUT2D eigenvalue weighted by Gasteiger charge is -2.02. The Labute approximate surface area is 75.4 Å². The van der Waals surface area contributed by atoms with Crippen LogP contribution in [0.1, 0.15) is 0 Å². The summed E-state index contributed by atoms with van der Waals surface area (Å²) in [5.74, 6) is 0. The number of halogens is 1. The fourth-order valence-electron chi connectivity index (χ4n) is 1.00. The molecule has 2 nitrogen and oxygen atoms in total. The van der Waals surface area contributed by atoms with Crippen LogP contribution >= 0.6 is 11.6 Å². The molecule has 1 aromatic heterocycles. The number of hydrogen-bond acceptors (Lipinski definition) is 1. The molecule has 0 aliphatic carbocycles. The van der Waals surface area contributed by atoms with Gasteiger partial charge in [-0.1, -0.05) is 17.7 Å². The number of nitrogens with zero attached hydrogens (tertiary/aromatic N) is 2. The second-order valence-electron chi connectivity index (χ2n) is 2.35. The minimum Gasteiger partial charge on any atom is -0.305 e. The van der Waals surface area contributed by atoms with E-state index in [1.165, 1.54) is 0 Å². The van der Waals surface area contributed by atoms with Crippen molar-refractivity contribution in [2.75, 3.05) is 0 Å². The van der Waals surface area contributed by atoms with Gasteiger partial charge in [-0.3, -0.25) is 0 Å². The van der Waals surface area contributed by atoms with E-state index in [1.807, 2.05) is 16.8 Å². The highest BCUT2D eigenvalue weighted by atomic mass is 35.5. The quantitative estimate of drug-likeness (QED) is 0.654. The van der Waals surface area contributed by atoms with Crippen molar-refractivity contribution in [1.82, 2.24) is 9.55 Å². The SMILES string of the molecule is Clc1cc[c]cc1-n1ccnc1. The Balaban J connectivity index is 2.55. The Hall–Kier alpha value is -1.28. The summed E-state index contributed by atoms with van der Waals surface area (Å²) in [6.07, 6.45) is 5.26. The molecule has 2 rings (SSSR count). The van der Waals surface area contributed by atoms with E-state index in [-0.39, 0.29) is 0 Å². The Morgan fingerprint density at radius 1 is 1.50 bits per heavy atom. The predicted molar refractivity (Wildman–Crippen MR) is 47.4 cm³/mol. The minimum absolute atomic E-state index is 0.701.